The maximum atomic E-state index is 2.40. The fourth-order valence-electron chi connectivity index (χ4n) is 4.32. The molecule has 0 heterocycles. The molecule has 0 aliphatic carbocycles. The fourth-order valence-corrected chi connectivity index (χ4v) is 9.58. The van der Waals surface area contributed by atoms with Gasteiger partial charge >= 0.3 is 0 Å². The Morgan fingerprint density at radius 1 is 0.556 bits per heavy atom. The molecule has 0 aromatic heterocycles. The van der Waals surface area contributed by atoms with E-state index in [4.69, 9.17) is 0 Å². The molecule has 1 heteroatoms. The zero-order valence-corrected chi connectivity index (χ0v) is 18.1. The van der Waals surface area contributed by atoms with E-state index in [0.29, 0.717) is 0 Å². The summed E-state index contributed by atoms with van der Waals surface area (Å²) >= 11 is 0. The minimum Gasteiger partial charge on any atom is -0.0654 e. The lowest BCUT2D eigenvalue weighted by atomic mass is 10.2. The zero-order chi connectivity index (χ0) is 19.3. The van der Waals surface area contributed by atoms with Gasteiger partial charge in [0.2, 0.25) is 0 Å². The number of aryl methyl sites for hydroxylation is 3. The lowest BCUT2D eigenvalue weighted by Gasteiger charge is -2.31. The van der Waals surface area contributed by atoms with Gasteiger partial charge in [-0.2, -0.15) is 0 Å². The third kappa shape index (κ3) is 3.87. The first kappa shape index (κ1) is 19.8. The van der Waals surface area contributed by atoms with Crippen LogP contribution in [0.1, 0.15) is 42.9 Å². The fraction of sp³-hybridized carbons (Fsp3) is 0.308. The molecule has 3 aromatic rings. The average molecular weight is 376 g/mol. The molecular weight excluding hydrogens is 343 g/mol. The van der Waals surface area contributed by atoms with Crippen LogP contribution in [-0.4, -0.2) is 6.16 Å². The summed E-state index contributed by atoms with van der Waals surface area (Å²) in [6.45, 7) is 9.18. The molecule has 3 aromatic carbocycles. The van der Waals surface area contributed by atoms with Crippen molar-refractivity contribution < 1.29 is 0 Å². The third-order valence-electron chi connectivity index (χ3n) is 5.68. The van der Waals surface area contributed by atoms with Crippen LogP contribution in [0.5, 0.6) is 0 Å². The molecule has 0 N–H and O–H groups in total. The van der Waals surface area contributed by atoms with Gasteiger partial charge in [0.25, 0.3) is 0 Å². The number of unbranched alkanes of at least 4 members (excludes halogenated alkanes) is 2. The number of hydrogen-bond donors (Lipinski definition) is 0. The predicted octanol–water partition coefficient (Wildman–Crippen LogP) is 6.10. The lowest BCUT2D eigenvalue weighted by molar-refractivity contribution is 0.776. The van der Waals surface area contributed by atoms with Crippen molar-refractivity contribution in [1.29, 1.82) is 0 Å². The molecule has 0 bridgehead atoms. The Hall–Kier alpha value is -1.91. The second-order valence-electron chi connectivity index (χ2n) is 7.60. The molecule has 3 rings (SSSR count). The molecule has 0 radical (unpaired) electrons. The molecular formula is C26H32P+. The van der Waals surface area contributed by atoms with Crippen LogP contribution in [0, 0.1) is 20.8 Å². The molecule has 0 nitrogen and oxygen atoms in total. The number of hydrogen-bond acceptors (Lipinski definition) is 0. The topological polar surface area (TPSA) is 0 Å². The van der Waals surface area contributed by atoms with E-state index in [1.54, 1.807) is 15.9 Å². The Bertz CT molecular complexity index is 783. The standard InChI is InChI=1S/C26H32P/c1-5-6-13-20-27(24-17-10-7-14-21(24)2,25-18-11-8-15-22(25)3)26-19-12-9-16-23(26)4/h7-12,14-19H,5-6,13,20H2,1-4H3/q+1. The van der Waals surface area contributed by atoms with Gasteiger partial charge in [0, 0.05) is 0 Å². The summed E-state index contributed by atoms with van der Waals surface area (Å²) in [4.78, 5) is 0. The highest BCUT2D eigenvalue weighted by atomic mass is 31.2. The maximum Gasteiger partial charge on any atom is 0.112 e. The average Bonchev–Trinajstić information content (AvgIpc) is 2.68. The Kier molecular flexibility index (Phi) is 6.51. The predicted molar refractivity (Wildman–Crippen MR) is 124 cm³/mol. The molecule has 27 heavy (non-hydrogen) atoms. The second kappa shape index (κ2) is 8.85. The Labute approximate surface area is 166 Å². The Balaban J connectivity index is 2.37. The van der Waals surface area contributed by atoms with Crippen molar-refractivity contribution in [2.45, 2.75) is 47.0 Å². The smallest absolute Gasteiger partial charge is 0.0654 e. The van der Waals surface area contributed by atoms with Crippen molar-refractivity contribution in [3.63, 3.8) is 0 Å². The van der Waals surface area contributed by atoms with E-state index in [0.717, 1.165) is 0 Å². The Morgan fingerprint density at radius 3 is 1.26 bits per heavy atom. The first-order chi connectivity index (χ1) is 13.1. The van der Waals surface area contributed by atoms with Gasteiger partial charge in [0.05, 0.1) is 6.16 Å². The summed E-state index contributed by atoms with van der Waals surface area (Å²) in [6, 6.07) is 27.3. The van der Waals surface area contributed by atoms with Crippen LogP contribution in [0.3, 0.4) is 0 Å². The first-order valence-electron chi connectivity index (χ1n) is 10.2. The molecule has 140 valence electrons. The van der Waals surface area contributed by atoms with Gasteiger partial charge in [-0.05, 0) is 62.1 Å². The van der Waals surface area contributed by atoms with Crippen LogP contribution in [0.4, 0.5) is 0 Å². The van der Waals surface area contributed by atoms with Gasteiger partial charge in [-0.3, -0.25) is 0 Å². The van der Waals surface area contributed by atoms with Crippen molar-refractivity contribution in [3.05, 3.63) is 89.5 Å². The summed E-state index contributed by atoms with van der Waals surface area (Å²) in [7, 11) is -1.70. The van der Waals surface area contributed by atoms with Crippen LogP contribution in [0.25, 0.3) is 0 Å². The largest absolute Gasteiger partial charge is 0.112 e. The van der Waals surface area contributed by atoms with E-state index < -0.39 is 7.26 Å². The first-order valence-corrected chi connectivity index (χ1v) is 12.2. The second-order valence-corrected chi connectivity index (χ2v) is 11.1. The van der Waals surface area contributed by atoms with Crippen LogP contribution in [-0.2, 0) is 0 Å². The molecule has 0 aliphatic heterocycles. The lowest BCUT2D eigenvalue weighted by Crippen LogP contribution is -2.37. The quantitative estimate of drug-likeness (QED) is 0.346. The van der Waals surface area contributed by atoms with Gasteiger partial charge in [-0.25, -0.2) is 0 Å². The minimum absolute atomic E-state index is 1.25. The molecule has 0 saturated carbocycles. The van der Waals surface area contributed by atoms with Crippen LogP contribution in [0.15, 0.2) is 72.8 Å². The van der Waals surface area contributed by atoms with E-state index in [2.05, 4.69) is 100 Å². The van der Waals surface area contributed by atoms with Crippen molar-refractivity contribution in [3.8, 4) is 0 Å². The zero-order valence-electron chi connectivity index (χ0n) is 17.2. The summed E-state index contributed by atoms with van der Waals surface area (Å²) in [5, 5.41) is 4.68. The SMILES string of the molecule is CCCCC[P+](c1ccccc1C)(c1ccccc1C)c1ccccc1C. The maximum absolute atomic E-state index is 2.40. The monoisotopic (exact) mass is 375 g/mol. The summed E-state index contributed by atoms with van der Waals surface area (Å²) in [5.74, 6) is 0. The highest BCUT2D eigenvalue weighted by molar-refractivity contribution is 7.96. The van der Waals surface area contributed by atoms with Crippen LogP contribution < -0.4 is 15.9 Å². The molecule has 0 unspecified atom stereocenters. The number of rotatable bonds is 7. The number of benzene rings is 3. The summed E-state index contributed by atoms with van der Waals surface area (Å²) in [5.41, 5.74) is 4.27. The summed E-state index contributed by atoms with van der Waals surface area (Å²) < 4.78 is 0. The molecule has 0 fully saturated rings. The molecule has 0 amide bonds. The van der Waals surface area contributed by atoms with Gasteiger partial charge < -0.3 is 0 Å². The molecule has 0 spiro atoms. The van der Waals surface area contributed by atoms with Crippen molar-refractivity contribution >= 4 is 23.2 Å². The van der Waals surface area contributed by atoms with E-state index in [-0.39, 0.29) is 0 Å². The highest BCUT2D eigenvalue weighted by Crippen LogP contribution is 2.57. The molecule has 0 aliphatic rings. The van der Waals surface area contributed by atoms with Gasteiger partial charge in [0.15, 0.2) is 0 Å². The van der Waals surface area contributed by atoms with Crippen molar-refractivity contribution in [2.24, 2.45) is 0 Å². The Morgan fingerprint density at radius 2 is 0.926 bits per heavy atom. The van der Waals surface area contributed by atoms with Crippen molar-refractivity contribution in [2.75, 3.05) is 6.16 Å². The molecule has 0 saturated heterocycles. The normalized spacial score (nSPS) is 11.6. The minimum atomic E-state index is -1.70. The highest BCUT2D eigenvalue weighted by Gasteiger charge is 2.47. The van der Waals surface area contributed by atoms with Gasteiger partial charge in [-0.1, -0.05) is 74.4 Å². The van der Waals surface area contributed by atoms with Crippen LogP contribution >= 0.6 is 7.26 Å². The van der Waals surface area contributed by atoms with Crippen molar-refractivity contribution in [1.82, 2.24) is 0 Å². The summed E-state index contributed by atoms with van der Waals surface area (Å²) in [6.07, 6.45) is 5.09. The van der Waals surface area contributed by atoms with E-state index in [1.165, 1.54) is 42.1 Å². The van der Waals surface area contributed by atoms with E-state index >= 15 is 0 Å². The third-order valence-corrected chi connectivity index (χ3v) is 10.6. The van der Waals surface area contributed by atoms with E-state index in [1.807, 2.05) is 0 Å². The van der Waals surface area contributed by atoms with Crippen LogP contribution in [0.2, 0.25) is 0 Å². The van der Waals surface area contributed by atoms with Gasteiger partial charge in [0.1, 0.15) is 23.2 Å². The van der Waals surface area contributed by atoms with E-state index in [9.17, 15) is 0 Å². The molecule has 0 atom stereocenters. The van der Waals surface area contributed by atoms with Gasteiger partial charge in [-0.15, -0.1) is 0 Å².